The summed E-state index contributed by atoms with van der Waals surface area (Å²) in [6.45, 7) is 3.21. The number of hydrogen-bond donors (Lipinski definition) is 0. The lowest BCUT2D eigenvalue weighted by Gasteiger charge is -2.07. The molecule has 0 saturated heterocycles. The Kier molecular flexibility index (Phi) is 4.17. The van der Waals surface area contributed by atoms with E-state index in [0.29, 0.717) is 13.2 Å². The average Bonchev–Trinajstić information content (AvgIpc) is 3.08. The zero-order valence-electron chi connectivity index (χ0n) is 14.1. The molecule has 0 radical (unpaired) electrons. The van der Waals surface area contributed by atoms with Crippen LogP contribution in [0.15, 0.2) is 72.8 Å². The molecule has 0 spiro atoms. The van der Waals surface area contributed by atoms with E-state index in [1.54, 1.807) is 4.80 Å². The third-order valence-corrected chi connectivity index (χ3v) is 4.15. The second-order valence-corrected chi connectivity index (χ2v) is 6.07. The van der Waals surface area contributed by atoms with Gasteiger partial charge in [-0.15, -0.1) is 5.10 Å². The summed E-state index contributed by atoms with van der Waals surface area (Å²) in [6, 6.07) is 24.4. The number of aromatic nitrogens is 3. The summed E-state index contributed by atoms with van der Waals surface area (Å²) >= 11 is 0. The monoisotopic (exact) mass is 329 g/mol. The molecule has 4 rings (SSSR count). The maximum Gasteiger partial charge on any atom is 0.155 e. The molecule has 0 aliphatic carbocycles. The van der Waals surface area contributed by atoms with E-state index in [4.69, 9.17) is 4.74 Å². The van der Waals surface area contributed by atoms with Crippen molar-refractivity contribution in [1.29, 1.82) is 0 Å². The molecule has 4 aromatic rings. The molecule has 0 fully saturated rings. The number of rotatable bonds is 5. The predicted octanol–water partition coefficient (Wildman–Crippen LogP) is 4.37. The first kappa shape index (κ1) is 15.4. The van der Waals surface area contributed by atoms with Gasteiger partial charge in [0.2, 0.25) is 0 Å². The molecular weight excluding hydrogens is 310 g/mol. The van der Waals surface area contributed by atoms with E-state index in [9.17, 15) is 0 Å². The number of benzene rings is 3. The van der Waals surface area contributed by atoms with Gasteiger partial charge in [0, 0.05) is 0 Å². The number of aryl methyl sites for hydroxylation is 1. The smallest absolute Gasteiger partial charge is 0.155 e. The second kappa shape index (κ2) is 6.77. The van der Waals surface area contributed by atoms with Gasteiger partial charge in [0.15, 0.2) is 5.52 Å². The van der Waals surface area contributed by atoms with Crippen LogP contribution in [0.2, 0.25) is 0 Å². The van der Waals surface area contributed by atoms with Gasteiger partial charge in [-0.3, -0.25) is 0 Å². The highest BCUT2D eigenvalue weighted by Gasteiger charge is 2.12. The molecular formula is C21H19N3O. The highest BCUT2D eigenvalue weighted by atomic mass is 16.5. The van der Waals surface area contributed by atoms with E-state index in [0.717, 1.165) is 27.9 Å². The van der Waals surface area contributed by atoms with Crippen molar-refractivity contribution in [2.45, 2.75) is 20.1 Å². The maximum absolute atomic E-state index is 6.01. The Balaban J connectivity index is 1.62. The fourth-order valence-electron chi connectivity index (χ4n) is 2.81. The van der Waals surface area contributed by atoms with Crippen LogP contribution in [0.5, 0.6) is 5.75 Å². The van der Waals surface area contributed by atoms with Crippen molar-refractivity contribution in [3.8, 4) is 5.75 Å². The van der Waals surface area contributed by atoms with Crippen LogP contribution in [0.25, 0.3) is 11.0 Å². The lowest BCUT2D eigenvalue weighted by molar-refractivity contribution is 0.309. The van der Waals surface area contributed by atoms with Gasteiger partial charge in [-0.1, -0.05) is 66.7 Å². The summed E-state index contributed by atoms with van der Waals surface area (Å²) in [5, 5.41) is 9.31. The summed E-state index contributed by atoms with van der Waals surface area (Å²) in [5.74, 6) is 0.767. The van der Waals surface area contributed by atoms with Crippen LogP contribution in [-0.2, 0) is 13.2 Å². The minimum atomic E-state index is 0.518. The van der Waals surface area contributed by atoms with E-state index in [2.05, 4.69) is 34.5 Å². The lowest BCUT2D eigenvalue weighted by atomic mass is 10.2. The quantitative estimate of drug-likeness (QED) is 0.546. The van der Waals surface area contributed by atoms with Crippen molar-refractivity contribution in [2.24, 2.45) is 0 Å². The Morgan fingerprint density at radius 1 is 0.760 bits per heavy atom. The first-order valence-corrected chi connectivity index (χ1v) is 8.35. The normalized spacial score (nSPS) is 10.9. The van der Waals surface area contributed by atoms with Gasteiger partial charge >= 0.3 is 0 Å². The zero-order valence-corrected chi connectivity index (χ0v) is 14.1. The van der Waals surface area contributed by atoms with Crippen LogP contribution in [0.4, 0.5) is 0 Å². The Morgan fingerprint density at radius 2 is 1.40 bits per heavy atom. The topological polar surface area (TPSA) is 39.9 Å². The fraction of sp³-hybridized carbons (Fsp3) is 0.143. The van der Waals surface area contributed by atoms with Crippen molar-refractivity contribution in [2.75, 3.05) is 0 Å². The second-order valence-electron chi connectivity index (χ2n) is 6.07. The van der Waals surface area contributed by atoms with Gasteiger partial charge < -0.3 is 4.74 Å². The molecule has 1 aromatic heterocycles. The molecule has 25 heavy (non-hydrogen) atoms. The van der Waals surface area contributed by atoms with Crippen LogP contribution in [0.1, 0.15) is 16.7 Å². The molecule has 124 valence electrons. The zero-order chi connectivity index (χ0) is 17.1. The van der Waals surface area contributed by atoms with Crippen molar-refractivity contribution in [3.05, 3.63) is 89.5 Å². The lowest BCUT2D eigenvalue weighted by Crippen LogP contribution is -2.03. The summed E-state index contributed by atoms with van der Waals surface area (Å²) in [5.41, 5.74) is 5.11. The largest absolute Gasteiger partial charge is 0.486 e. The maximum atomic E-state index is 6.01. The molecule has 0 atom stereocenters. The highest BCUT2D eigenvalue weighted by molar-refractivity contribution is 5.83. The van der Waals surface area contributed by atoms with Gasteiger partial charge in [0.1, 0.15) is 17.9 Å². The Bertz CT molecular complexity index is 978. The molecule has 0 aliphatic rings. The van der Waals surface area contributed by atoms with Crippen molar-refractivity contribution < 1.29 is 4.74 Å². The molecule has 1 heterocycles. The van der Waals surface area contributed by atoms with Gasteiger partial charge in [-0.2, -0.15) is 9.90 Å². The third-order valence-electron chi connectivity index (χ3n) is 4.15. The Labute approximate surface area is 146 Å². The minimum Gasteiger partial charge on any atom is -0.486 e. The molecule has 0 amide bonds. The van der Waals surface area contributed by atoms with E-state index in [1.165, 1.54) is 5.56 Å². The first-order chi connectivity index (χ1) is 12.3. The minimum absolute atomic E-state index is 0.518. The van der Waals surface area contributed by atoms with Crippen LogP contribution < -0.4 is 4.74 Å². The first-order valence-electron chi connectivity index (χ1n) is 8.35. The van der Waals surface area contributed by atoms with Crippen molar-refractivity contribution >= 4 is 11.0 Å². The highest BCUT2D eigenvalue weighted by Crippen LogP contribution is 2.26. The summed E-state index contributed by atoms with van der Waals surface area (Å²) in [6.07, 6.45) is 0. The van der Waals surface area contributed by atoms with E-state index < -0.39 is 0 Å². The molecule has 0 aliphatic heterocycles. The Hall–Kier alpha value is -3.14. The van der Waals surface area contributed by atoms with Crippen molar-refractivity contribution in [1.82, 2.24) is 15.0 Å². The number of ether oxygens (including phenoxy) is 1. The summed E-state index contributed by atoms with van der Waals surface area (Å²) < 4.78 is 6.01. The van der Waals surface area contributed by atoms with E-state index in [-0.39, 0.29) is 0 Å². The van der Waals surface area contributed by atoms with Crippen LogP contribution >= 0.6 is 0 Å². The summed E-state index contributed by atoms with van der Waals surface area (Å²) in [7, 11) is 0. The Morgan fingerprint density at radius 3 is 2.12 bits per heavy atom. The van der Waals surface area contributed by atoms with E-state index in [1.807, 2.05) is 55.5 Å². The molecule has 4 nitrogen and oxygen atoms in total. The molecule has 3 aromatic carbocycles. The molecule has 0 bridgehead atoms. The predicted molar refractivity (Wildman–Crippen MR) is 98.6 cm³/mol. The number of hydrogen-bond acceptors (Lipinski definition) is 3. The molecule has 0 saturated carbocycles. The van der Waals surface area contributed by atoms with Crippen LogP contribution in [0, 0.1) is 6.92 Å². The molecule has 0 unspecified atom stereocenters. The standard InChI is InChI=1S/C21H19N3O/c1-16-12-13-19(25-15-18-10-6-3-7-11-18)21-20(16)22-24(23-21)14-17-8-4-2-5-9-17/h2-13H,14-15H2,1H3. The van der Waals surface area contributed by atoms with Gasteiger partial charge in [0.05, 0.1) is 6.54 Å². The molecule has 4 heteroatoms. The third kappa shape index (κ3) is 3.38. The van der Waals surface area contributed by atoms with Crippen LogP contribution in [0.3, 0.4) is 0 Å². The van der Waals surface area contributed by atoms with Crippen molar-refractivity contribution in [3.63, 3.8) is 0 Å². The van der Waals surface area contributed by atoms with E-state index >= 15 is 0 Å². The van der Waals surface area contributed by atoms with Gasteiger partial charge in [-0.05, 0) is 29.7 Å². The summed E-state index contributed by atoms with van der Waals surface area (Å²) in [4.78, 5) is 1.74. The fourth-order valence-corrected chi connectivity index (χ4v) is 2.81. The van der Waals surface area contributed by atoms with Gasteiger partial charge in [-0.25, -0.2) is 0 Å². The van der Waals surface area contributed by atoms with Gasteiger partial charge in [0.25, 0.3) is 0 Å². The molecule has 0 N–H and O–H groups in total. The SMILES string of the molecule is Cc1ccc(OCc2ccccc2)c2nn(Cc3ccccc3)nc12. The number of fused-ring (bicyclic) bond motifs is 1. The average molecular weight is 329 g/mol. The van der Waals surface area contributed by atoms with Crippen LogP contribution in [-0.4, -0.2) is 15.0 Å². The number of nitrogens with zero attached hydrogens (tertiary/aromatic N) is 3.